The third-order valence-electron chi connectivity index (χ3n) is 4.99. The first-order valence-corrected chi connectivity index (χ1v) is 10.2. The molecule has 0 saturated heterocycles. The van der Waals surface area contributed by atoms with Gasteiger partial charge in [0, 0.05) is 31.2 Å². The molecule has 0 aliphatic heterocycles. The van der Waals surface area contributed by atoms with Crippen LogP contribution < -0.4 is 15.4 Å². The summed E-state index contributed by atoms with van der Waals surface area (Å²) in [5.41, 5.74) is 3.19. The van der Waals surface area contributed by atoms with E-state index in [1.165, 1.54) is 20.0 Å². The Bertz CT molecular complexity index is 1050. The first-order valence-electron chi connectivity index (χ1n) is 9.78. The van der Waals surface area contributed by atoms with Crippen molar-refractivity contribution in [3.05, 3.63) is 58.6 Å². The van der Waals surface area contributed by atoms with Crippen molar-refractivity contribution in [1.29, 1.82) is 0 Å². The van der Waals surface area contributed by atoms with Crippen LogP contribution in [0.1, 0.15) is 40.4 Å². The van der Waals surface area contributed by atoms with E-state index in [9.17, 15) is 4.79 Å². The van der Waals surface area contributed by atoms with Crippen molar-refractivity contribution >= 4 is 29.1 Å². The Labute approximate surface area is 179 Å². The molecule has 1 amide bonds. The molecule has 0 radical (unpaired) electrons. The number of carbonyl (C=O) groups is 1. The van der Waals surface area contributed by atoms with Crippen molar-refractivity contribution in [2.45, 2.75) is 31.7 Å². The third-order valence-corrected chi connectivity index (χ3v) is 5.42. The molecule has 1 fully saturated rings. The summed E-state index contributed by atoms with van der Waals surface area (Å²) in [6, 6.07) is 3.97. The van der Waals surface area contributed by atoms with Crippen LogP contribution in [0.2, 0.25) is 5.02 Å². The summed E-state index contributed by atoms with van der Waals surface area (Å²) in [4.78, 5) is 20.8. The molecule has 30 heavy (non-hydrogen) atoms. The monoisotopic (exact) mass is 426 g/mol. The average Bonchev–Trinajstić information content (AvgIpc) is 3.52. The standard InChI is InChI=1S/C21H23ClN6O2/c1-23-20(29)15-7-14(19(22)18(8-15)30-2)4-3-13-9-24-21(25-10-13)27-16-11-26-28(12-16)17-5-6-17/h7-12,17H,3-6H2,1-2H3,(H,23,29)(H,24,25,27). The highest BCUT2D eigenvalue weighted by Gasteiger charge is 2.24. The Morgan fingerprint density at radius 1 is 1.23 bits per heavy atom. The Morgan fingerprint density at radius 3 is 2.67 bits per heavy atom. The number of carbonyl (C=O) groups excluding carboxylic acids is 1. The van der Waals surface area contributed by atoms with E-state index in [0.717, 1.165) is 16.8 Å². The Morgan fingerprint density at radius 2 is 2.00 bits per heavy atom. The molecule has 0 bridgehead atoms. The lowest BCUT2D eigenvalue weighted by Gasteiger charge is -2.12. The van der Waals surface area contributed by atoms with Gasteiger partial charge >= 0.3 is 0 Å². The third kappa shape index (κ3) is 4.54. The van der Waals surface area contributed by atoms with Crippen LogP contribution >= 0.6 is 11.6 Å². The van der Waals surface area contributed by atoms with Gasteiger partial charge in [0.05, 0.1) is 30.1 Å². The largest absolute Gasteiger partial charge is 0.495 e. The van der Waals surface area contributed by atoms with Crippen molar-refractivity contribution in [2.24, 2.45) is 0 Å². The van der Waals surface area contributed by atoms with E-state index < -0.39 is 0 Å². The van der Waals surface area contributed by atoms with Crippen molar-refractivity contribution in [3.8, 4) is 5.75 Å². The number of rotatable bonds is 8. The number of ether oxygens (including phenoxy) is 1. The van der Waals surface area contributed by atoms with Crippen LogP contribution in [0.4, 0.5) is 11.6 Å². The van der Waals surface area contributed by atoms with Crippen LogP contribution in [0.25, 0.3) is 0 Å². The predicted octanol–water partition coefficient (Wildman–Crippen LogP) is 3.56. The normalized spacial score (nSPS) is 13.2. The fourth-order valence-corrected chi connectivity index (χ4v) is 3.44. The maximum Gasteiger partial charge on any atom is 0.251 e. The first kappa shape index (κ1) is 20.2. The number of hydrogen-bond acceptors (Lipinski definition) is 6. The molecular formula is C21H23ClN6O2. The van der Waals surface area contributed by atoms with Crippen LogP contribution in [0, 0.1) is 0 Å². The number of hydrogen-bond donors (Lipinski definition) is 2. The number of nitrogens with one attached hydrogen (secondary N) is 2. The van der Waals surface area contributed by atoms with Gasteiger partial charge in [0.15, 0.2) is 0 Å². The predicted molar refractivity (Wildman–Crippen MR) is 115 cm³/mol. The molecule has 1 aromatic carbocycles. The van der Waals surface area contributed by atoms with Crippen molar-refractivity contribution in [2.75, 3.05) is 19.5 Å². The summed E-state index contributed by atoms with van der Waals surface area (Å²) >= 11 is 6.43. The van der Waals surface area contributed by atoms with Crippen molar-refractivity contribution in [1.82, 2.24) is 25.1 Å². The van der Waals surface area contributed by atoms with E-state index in [1.54, 1.807) is 37.8 Å². The van der Waals surface area contributed by atoms with Gasteiger partial charge in [0.25, 0.3) is 5.91 Å². The minimum atomic E-state index is -0.185. The smallest absolute Gasteiger partial charge is 0.251 e. The average molecular weight is 427 g/mol. The summed E-state index contributed by atoms with van der Waals surface area (Å²) in [7, 11) is 3.12. The maximum atomic E-state index is 12.0. The van der Waals surface area contributed by atoms with Gasteiger partial charge < -0.3 is 15.4 Å². The fourth-order valence-electron chi connectivity index (χ4n) is 3.16. The Hall–Kier alpha value is -3.13. The Balaban J connectivity index is 1.41. The molecule has 9 heteroatoms. The van der Waals surface area contributed by atoms with Gasteiger partial charge in [-0.15, -0.1) is 0 Å². The number of methoxy groups -OCH3 is 1. The fraction of sp³-hybridized carbons (Fsp3) is 0.333. The molecule has 2 N–H and O–H groups in total. The van der Waals surface area contributed by atoms with Gasteiger partial charge in [0.2, 0.25) is 5.95 Å². The first-order chi connectivity index (χ1) is 14.6. The van der Waals surface area contributed by atoms with Crippen molar-refractivity contribution < 1.29 is 9.53 Å². The number of amides is 1. The van der Waals surface area contributed by atoms with Crippen LogP contribution in [-0.4, -0.2) is 39.8 Å². The molecule has 0 unspecified atom stereocenters. The van der Waals surface area contributed by atoms with Crippen molar-refractivity contribution in [3.63, 3.8) is 0 Å². The molecule has 1 saturated carbocycles. The second-order valence-electron chi connectivity index (χ2n) is 7.21. The SMILES string of the molecule is CNC(=O)c1cc(CCc2cnc(Nc3cnn(C4CC4)c3)nc2)c(Cl)c(OC)c1. The summed E-state index contributed by atoms with van der Waals surface area (Å²) < 4.78 is 7.29. The highest BCUT2D eigenvalue weighted by molar-refractivity contribution is 6.33. The van der Waals surface area contributed by atoms with Gasteiger partial charge in [-0.2, -0.15) is 5.10 Å². The number of anilines is 2. The minimum absolute atomic E-state index is 0.185. The number of benzene rings is 1. The van der Waals surface area contributed by atoms with Gasteiger partial charge in [-0.25, -0.2) is 9.97 Å². The van der Waals surface area contributed by atoms with Gasteiger partial charge in [-0.1, -0.05) is 11.6 Å². The second-order valence-corrected chi connectivity index (χ2v) is 7.59. The molecule has 1 aliphatic carbocycles. The number of aromatic nitrogens is 4. The number of nitrogens with zero attached hydrogens (tertiary/aromatic N) is 4. The molecular weight excluding hydrogens is 404 g/mol. The number of aryl methyl sites for hydroxylation is 2. The van der Waals surface area contributed by atoms with E-state index in [1.807, 2.05) is 10.9 Å². The molecule has 0 spiro atoms. The van der Waals surface area contributed by atoms with Crippen LogP contribution in [0.15, 0.2) is 36.9 Å². The van der Waals surface area contributed by atoms with E-state index in [0.29, 0.717) is 41.2 Å². The summed E-state index contributed by atoms with van der Waals surface area (Å²) in [5, 5.41) is 10.7. The maximum absolute atomic E-state index is 12.0. The highest BCUT2D eigenvalue weighted by atomic mass is 35.5. The summed E-state index contributed by atoms with van der Waals surface area (Å²) in [6.45, 7) is 0. The molecule has 3 aromatic rings. The zero-order chi connectivity index (χ0) is 21.1. The van der Waals surface area contributed by atoms with E-state index >= 15 is 0 Å². The lowest BCUT2D eigenvalue weighted by atomic mass is 10.0. The highest BCUT2D eigenvalue weighted by Crippen LogP contribution is 2.34. The van der Waals surface area contributed by atoms with Crippen LogP contribution in [-0.2, 0) is 12.8 Å². The van der Waals surface area contributed by atoms with E-state index in [-0.39, 0.29) is 5.91 Å². The summed E-state index contributed by atoms with van der Waals surface area (Å²) in [5.74, 6) is 0.820. The molecule has 156 valence electrons. The van der Waals surface area contributed by atoms with Crippen LogP contribution in [0.3, 0.4) is 0 Å². The molecule has 8 nitrogen and oxygen atoms in total. The lowest BCUT2D eigenvalue weighted by Crippen LogP contribution is -2.18. The topological polar surface area (TPSA) is 94.0 Å². The van der Waals surface area contributed by atoms with Crippen LogP contribution in [0.5, 0.6) is 5.75 Å². The second kappa shape index (κ2) is 8.71. The molecule has 1 aliphatic rings. The Kier molecular flexibility index (Phi) is 5.85. The zero-order valence-electron chi connectivity index (χ0n) is 16.9. The van der Waals surface area contributed by atoms with E-state index in [2.05, 4.69) is 25.7 Å². The van der Waals surface area contributed by atoms with Gasteiger partial charge in [-0.3, -0.25) is 9.48 Å². The van der Waals surface area contributed by atoms with Gasteiger partial charge in [0.1, 0.15) is 5.75 Å². The van der Waals surface area contributed by atoms with E-state index in [4.69, 9.17) is 16.3 Å². The lowest BCUT2D eigenvalue weighted by molar-refractivity contribution is 0.0962. The molecule has 2 aromatic heterocycles. The molecule has 0 atom stereocenters. The summed E-state index contributed by atoms with van der Waals surface area (Å²) in [6.07, 6.45) is 11.0. The minimum Gasteiger partial charge on any atom is -0.495 e. The molecule has 2 heterocycles. The quantitative estimate of drug-likeness (QED) is 0.572. The van der Waals surface area contributed by atoms with Gasteiger partial charge in [-0.05, 0) is 48.9 Å². The zero-order valence-corrected chi connectivity index (χ0v) is 17.6. The molecule has 4 rings (SSSR count). The number of halogens is 1.